The molecule has 0 saturated carbocycles. The normalized spacial score (nSPS) is 14.0. The van der Waals surface area contributed by atoms with E-state index in [4.69, 9.17) is 9.47 Å². The van der Waals surface area contributed by atoms with Crippen LogP contribution in [0.15, 0.2) is 42.5 Å². The molecule has 8 heteroatoms. The third kappa shape index (κ3) is 3.92. The second-order valence-electron chi connectivity index (χ2n) is 5.74. The summed E-state index contributed by atoms with van der Waals surface area (Å²) in [7, 11) is 1.56. The predicted molar refractivity (Wildman–Crippen MR) is 97.1 cm³/mol. The second kappa shape index (κ2) is 7.83. The first kappa shape index (κ1) is 17.7. The highest BCUT2D eigenvalue weighted by molar-refractivity contribution is 6.08. The zero-order valence-corrected chi connectivity index (χ0v) is 14.3. The number of hydrogen-bond acceptors (Lipinski definition) is 6. The van der Waals surface area contributed by atoms with Crippen LogP contribution in [0.2, 0.25) is 0 Å². The molecule has 136 valence electrons. The van der Waals surface area contributed by atoms with Crippen molar-refractivity contribution in [2.24, 2.45) is 0 Å². The molecule has 0 spiro atoms. The van der Waals surface area contributed by atoms with E-state index < -0.39 is 10.8 Å². The number of nitro groups is 1. The van der Waals surface area contributed by atoms with Crippen molar-refractivity contribution in [2.45, 2.75) is 0 Å². The van der Waals surface area contributed by atoms with Crippen molar-refractivity contribution in [3.8, 4) is 5.75 Å². The summed E-state index contributed by atoms with van der Waals surface area (Å²) < 4.78 is 10.4. The number of benzene rings is 2. The lowest BCUT2D eigenvalue weighted by atomic mass is 10.1. The Bertz CT molecular complexity index is 801. The summed E-state index contributed by atoms with van der Waals surface area (Å²) in [4.78, 5) is 25.4. The third-order valence-corrected chi connectivity index (χ3v) is 4.14. The van der Waals surface area contributed by atoms with E-state index in [1.807, 2.05) is 4.90 Å². The Morgan fingerprint density at radius 2 is 1.88 bits per heavy atom. The van der Waals surface area contributed by atoms with Crippen molar-refractivity contribution < 1.29 is 19.2 Å². The van der Waals surface area contributed by atoms with E-state index in [0.29, 0.717) is 43.4 Å². The van der Waals surface area contributed by atoms with Gasteiger partial charge in [0.05, 0.1) is 36.5 Å². The fourth-order valence-electron chi connectivity index (χ4n) is 2.77. The van der Waals surface area contributed by atoms with Gasteiger partial charge >= 0.3 is 0 Å². The van der Waals surface area contributed by atoms with Gasteiger partial charge in [0.1, 0.15) is 5.75 Å². The number of ether oxygens (including phenoxy) is 2. The Labute approximate surface area is 150 Å². The number of nitrogens with one attached hydrogen (secondary N) is 1. The van der Waals surface area contributed by atoms with Crippen molar-refractivity contribution >= 4 is 23.0 Å². The van der Waals surface area contributed by atoms with Crippen LogP contribution in [0.5, 0.6) is 5.75 Å². The van der Waals surface area contributed by atoms with Crippen molar-refractivity contribution in [3.63, 3.8) is 0 Å². The first-order valence-corrected chi connectivity index (χ1v) is 8.15. The summed E-state index contributed by atoms with van der Waals surface area (Å²) >= 11 is 0. The highest BCUT2D eigenvalue weighted by Crippen LogP contribution is 2.27. The second-order valence-corrected chi connectivity index (χ2v) is 5.74. The smallest absolute Gasteiger partial charge is 0.270 e. The van der Waals surface area contributed by atoms with E-state index in [1.165, 1.54) is 12.1 Å². The first-order chi connectivity index (χ1) is 12.6. The lowest BCUT2D eigenvalue weighted by Crippen LogP contribution is -2.37. The van der Waals surface area contributed by atoms with E-state index in [9.17, 15) is 14.9 Å². The average molecular weight is 357 g/mol. The van der Waals surface area contributed by atoms with Crippen LogP contribution >= 0.6 is 0 Å². The van der Waals surface area contributed by atoms with Gasteiger partial charge in [0.2, 0.25) is 0 Å². The fourth-order valence-corrected chi connectivity index (χ4v) is 2.77. The molecule has 0 radical (unpaired) electrons. The molecule has 1 saturated heterocycles. The van der Waals surface area contributed by atoms with Crippen LogP contribution in [-0.2, 0) is 4.74 Å². The number of anilines is 2. The summed E-state index contributed by atoms with van der Waals surface area (Å²) in [5, 5.41) is 13.9. The van der Waals surface area contributed by atoms with Gasteiger partial charge in [-0.05, 0) is 30.3 Å². The Kier molecular flexibility index (Phi) is 5.33. The van der Waals surface area contributed by atoms with E-state index in [-0.39, 0.29) is 11.3 Å². The van der Waals surface area contributed by atoms with E-state index in [0.717, 1.165) is 0 Å². The van der Waals surface area contributed by atoms with Gasteiger partial charge in [0.25, 0.3) is 11.6 Å². The van der Waals surface area contributed by atoms with Crippen molar-refractivity contribution in [1.29, 1.82) is 0 Å². The standard InChI is InChI=1S/C18H19N3O5/c1-25-15-5-2-13(3-6-15)19-18(22)16-12-14(21(23)24)4-7-17(16)20-8-10-26-11-9-20/h2-7,12H,8-11H2,1H3,(H,19,22). The number of carbonyl (C=O) groups excluding carboxylic acids is 1. The summed E-state index contributed by atoms with van der Waals surface area (Å²) in [5.41, 5.74) is 1.37. The number of carbonyl (C=O) groups is 1. The Morgan fingerprint density at radius 1 is 1.19 bits per heavy atom. The van der Waals surface area contributed by atoms with Crippen LogP contribution in [0.4, 0.5) is 17.1 Å². The van der Waals surface area contributed by atoms with Gasteiger partial charge in [-0.25, -0.2) is 0 Å². The summed E-state index contributed by atoms with van der Waals surface area (Å²) in [6.45, 7) is 2.36. The van der Waals surface area contributed by atoms with Crippen molar-refractivity contribution in [3.05, 3.63) is 58.1 Å². The number of hydrogen-bond donors (Lipinski definition) is 1. The molecular weight excluding hydrogens is 338 g/mol. The SMILES string of the molecule is COc1ccc(NC(=O)c2cc([N+](=O)[O-])ccc2N2CCOCC2)cc1. The maximum atomic E-state index is 12.8. The molecule has 0 atom stereocenters. The molecule has 0 unspecified atom stereocenters. The topological polar surface area (TPSA) is 93.9 Å². The van der Waals surface area contributed by atoms with Gasteiger partial charge in [0.15, 0.2) is 0 Å². The van der Waals surface area contributed by atoms with Crippen LogP contribution in [-0.4, -0.2) is 44.2 Å². The van der Waals surface area contributed by atoms with E-state index >= 15 is 0 Å². The van der Waals surface area contributed by atoms with Crippen LogP contribution in [0, 0.1) is 10.1 Å². The Balaban J connectivity index is 1.90. The fraction of sp³-hybridized carbons (Fsp3) is 0.278. The summed E-state index contributed by atoms with van der Waals surface area (Å²) in [6, 6.07) is 11.2. The lowest BCUT2D eigenvalue weighted by molar-refractivity contribution is -0.384. The Morgan fingerprint density at radius 3 is 2.50 bits per heavy atom. The molecule has 2 aromatic rings. The van der Waals surface area contributed by atoms with Crippen molar-refractivity contribution in [1.82, 2.24) is 0 Å². The van der Waals surface area contributed by atoms with Crippen LogP contribution in [0.25, 0.3) is 0 Å². The number of nitro benzene ring substituents is 1. The number of methoxy groups -OCH3 is 1. The van der Waals surface area contributed by atoms with Crippen molar-refractivity contribution in [2.75, 3.05) is 43.6 Å². The summed E-state index contributed by atoms with van der Waals surface area (Å²) in [5.74, 6) is 0.271. The molecule has 1 amide bonds. The zero-order valence-electron chi connectivity index (χ0n) is 14.3. The molecular formula is C18H19N3O5. The number of nitrogens with zero attached hydrogens (tertiary/aromatic N) is 2. The van der Waals surface area contributed by atoms with E-state index in [2.05, 4.69) is 5.32 Å². The van der Waals surface area contributed by atoms with Gasteiger partial charge in [0, 0.05) is 30.9 Å². The van der Waals surface area contributed by atoms with Gasteiger partial charge in [-0.15, -0.1) is 0 Å². The number of non-ortho nitro benzene ring substituents is 1. The molecule has 1 fully saturated rings. The maximum absolute atomic E-state index is 12.8. The van der Waals surface area contributed by atoms with Gasteiger partial charge < -0.3 is 19.7 Å². The molecule has 1 aliphatic rings. The van der Waals surface area contributed by atoms with Gasteiger partial charge in [-0.2, -0.15) is 0 Å². The Hall–Kier alpha value is -3.13. The lowest BCUT2D eigenvalue weighted by Gasteiger charge is -2.30. The minimum Gasteiger partial charge on any atom is -0.497 e. The highest BCUT2D eigenvalue weighted by Gasteiger charge is 2.22. The monoisotopic (exact) mass is 357 g/mol. The molecule has 0 aliphatic carbocycles. The quantitative estimate of drug-likeness (QED) is 0.653. The predicted octanol–water partition coefficient (Wildman–Crippen LogP) is 2.69. The number of amides is 1. The van der Waals surface area contributed by atoms with Crippen LogP contribution in [0.3, 0.4) is 0 Å². The molecule has 3 rings (SSSR count). The molecule has 26 heavy (non-hydrogen) atoms. The average Bonchev–Trinajstić information content (AvgIpc) is 2.68. The third-order valence-electron chi connectivity index (χ3n) is 4.14. The van der Waals surface area contributed by atoms with Crippen LogP contribution < -0.4 is 15.0 Å². The molecule has 1 aliphatic heterocycles. The highest BCUT2D eigenvalue weighted by atomic mass is 16.6. The van der Waals surface area contributed by atoms with Gasteiger partial charge in [-0.3, -0.25) is 14.9 Å². The zero-order chi connectivity index (χ0) is 18.5. The maximum Gasteiger partial charge on any atom is 0.270 e. The first-order valence-electron chi connectivity index (χ1n) is 8.15. The molecule has 0 aromatic heterocycles. The minimum absolute atomic E-state index is 0.123. The molecule has 1 N–H and O–H groups in total. The molecule has 1 heterocycles. The molecule has 0 bridgehead atoms. The molecule has 8 nitrogen and oxygen atoms in total. The number of morpholine rings is 1. The largest absolute Gasteiger partial charge is 0.497 e. The summed E-state index contributed by atoms with van der Waals surface area (Å²) in [6.07, 6.45) is 0. The number of rotatable bonds is 5. The molecule has 2 aromatic carbocycles. The van der Waals surface area contributed by atoms with Gasteiger partial charge in [-0.1, -0.05) is 0 Å². The van der Waals surface area contributed by atoms with E-state index in [1.54, 1.807) is 37.4 Å². The van der Waals surface area contributed by atoms with Crippen LogP contribution in [0.1, 0.15) is 10.4 Å². The minimum atomic E-state index is -0.507.